The Hall–Kier alpha value is -1.16. The van der Waals surface area contributed by atoms with Gasteiger partial charge in [0, 0.05) is 24.5 Å². The summed E-state index contributed by atoms with van der Waals surface area (Å²) in [6.45, 7) is 6.81. The molecule has 1 aromatic rings. The second kappa shape index (κ2) is 4.14. The quantitative estimate of drug-likeness (QED) is 0.780. The lowest BCUT2D eigenvalue weighted by atomic mass is 10.1. The molecule has 0 aliphatic carbocycles. The molecule has 0 unspecified atom stereocenters. The fourth-order valence-corrected chi connectivity index (χ4v) is 2.06. The van der Waals surface area contributed by atoms with Crippen LogP contribution in [-0.4, -0.2) is 29.6 Å². The summed E-state index contributed by atoms with van der Waals surface area (Å²) >= 11 is 0. The Morgan fingerprint density at radius 2 is 2.07 bits per heavy atom. The van der Waals surface area contributed by atoms with E-state index in [4.69, 9.17) is 5.73 Å². The zero-order valence-corrected chi connectivity index (χ0v) is 9.40. The van der Waals surface area contributed by atoms with Crippen molar-refractivity contribution in [2.75, 3.05) is 24.5 Å². The molecule has 0 spiro atoms. The van der Waals surface area contributed by atoms with Crippen LogP contribution in [0, 0.1) is 19.8 Å². The minimum Gasteiger partial charge on any atom is -0.340 e. The van der Waals surface area contributed by atoms with Crippen LogP contribution >= 0.6 is 0 Å². The zero-order chi connectivity index (χ0) is 10.8. The van der Waals surface area contributed by atoms with Crippen LogP contribution in [0.3, 0.4) is 0 Å². The van der Waals surface area contributed by atoms with Crippen molar-refractivity contribution in [3.05, 3.63) is 17.5 Å². The van der Waals surface area contributed by atoms with Crippen molar-refractivity contribution in [1.29, 1.82) is 0 Å². The highest BCUT2D eigenvalue weighted by Crippen LogP contribution is 2.20. The Labute approximate surface area is 90.5 Å². The van der Waals surface area contributed by atoms with Gasteiger partial charge in [-0.05, 0) is 38.8 Å². The van der Waals surface area contributed by atoms with Crippen LogP contribution in [-0.2, 0) is 0 Å². The van der Waals surface area contributed by atoms with Gasteiger partial charge in [0.15, 0.2) is 0 Å². The highest BCUT2D eigenvalue weighted by atomic mass is 15.3. The van der Waals surface area contributed by atoms with Crippen molar-refractivity contribution in [1.82, 2.24) is 9.97 Å². The summed E-state index contributed by atoms with van der Waals surface area (Å²) in [5.74, 6) is 1.47. The molecule has 4 heteroatoms. The third-order valence-electron chi connectivity index (χ3n) is 2.87. The van der Waals surface area contributed by atoms with Gasteiger partial charge in [0.25, 0.3) is 0 Å². The molecule has 2 heterocycles. The third-order valence-corrected chi connectivity index (χ3v) is 2.87. The van der Waals surface area contributed by atoms with E-state index in [9.17, 15) is 0 Å². The summed E-state index contributed by atoms with van der Waals surface area (Å²) in [4.78, 5) is 11.2. The van der Waals surface area contributed by atoms with Crippen molar-refractivity contribution in [3.8, 4) is 0 Å². The standard InChI is InChI=1S/C11H18N4/c1-8-5-9(2)14-11(13-8)15-4-3-10(6-12)7-15/h5,10H,3-4,6-7,12H2,1-2H3/t10-/m0/s1. The van der Waals surface area contributed by atoms with E-state index in [1.807, 2.05) is 19.9 Å². The van der Waals surface area contributed by atoms with Crippen LogP contribution in [0.1, 0.15) is 17.8 Å². The molecule has 2 N–H and O–H groups in total. The van der Waals surface area contributed by atoms with Gasteiger partial charge < -0.3 is 10.6 Å². The minimum absolute atomic E-state index is 0.606. The molecule has 0 bridgehead atoms. The molecule has 1 atom stereocenters. The number of aromatic nitrogens is 2. The first kappa shape index (κ1) is 10.4. The Bertz CT molecular complexity index is 330. The molecule has 1 fully saturated rings. The van der Waals surface area contributed by atoms with Gasteiger partial charge in [-0.2, -0.15) is 0 Å². The molecule has 0 amide bonds. The Balaban J connectivity index is 2.16. The largest absolute Gasteiger partial charge is 0.340 e. The molecule has 0 aromatic carbocycles. The predicted octanol–water partition coefficient (Wildman–Crippen LogP) is 0.878. The van der Waals surface area contributed by atoms with E-state index < -0.39 is 0 Å². The summed E-state index contributed by atoms with van der Waals surface area (Å²) < 4.78 is 0. The van der Waals surface area contributed by atoms with E-state index in [0.717, 1.165) is 43.4 Å². The second-order valence-electron chi connectivity index (χ2n) is 4.29. The van der Waals surface area contributed by atoms with Crippen molar-refractivity contribution < 1.29 is 0 Å². The first-order valence-electron chi connectivity index (χ1n) is 5.46. The number of hydrogen-bond acceptors (Lipinski definition) is 4. The molecule has 1 aliphatic heterocycles. The lowest BCUT2D eigenvalue weighted by molar-refractivity contribution is 0.601. The number of hydrogen-bond donors (Lipinski definition) is 1. The van der Waals surface area contributed by atoms with Crippen molar-refractivity contribution in [2.24, 2.45) is 11.7 Å². The summed E-state index contributed by atoms with van der Waals surface area (Å²) in [5.41, 5.74) is 7.74. The first-order chi connectivity index (χ1) is 7.19. The maximum Gasteiger partial charge on any atom is 0.225 e. The Morgan fingerprint density at radius 3 is 2.60 bits per heavy atom. The highest BCUT2D eigenvalue weighted by Gasteiger charge is 2.23. The smallest absolute Gasteiger partial charge is 0.225 e. The van der Waals surface area contributed by atoms with Crippen molar-refractivity contribution in [3.63, 3.8) is 0 Å². The van der Waals surface area contributed by atoms with Gasteiger partial charge in [0.05, 0.1) is 0 Å². The summed E-state index contributed by atoms with van der Waals surface area (Å²) in [6.07, 6.45) is 1.16. The van der Waals surface area contributed by atoms with E-state index >= 15 is 0 Å². The zero-order valence-electron chi connectivity index (χ0n) is 9.40. The first-order valence-corrected chi connectivity index (χ1v) is 5.46. The lowest BCUT2D eigenvalue weighted by Crippen LogP contribution is -2.24. The fraction of sp³-hybridized carbons (Fsp3) is 0.636. The molecule has 1 aliphatic rings. The molecule has 2 rings (SSSR count). The monoisotopic (exact) mass is 206 g/mol. The maximum absolute atomic E-state index is 5.67. The van der Waals surface area contributed by atoms with Crippen molar-refractivity contribution in [2.45, 2.75) is 20.3 Å². The number of nitrogens with two attached hydrogens (primary N) is 1. The van der Waals surface area contributed by atoms with Crippen LogP contribution in [0.2, 0.25) is 0 Å². The number of aryl methyl sites for hydroxylation is 2. The third kappa shape index (κ3) is 2.26. The lowest BCUT2D eigenvalue weighted by Gasteiger charge is -2.16. The summed E-state index contributed by atoms with van der Waals surface area (Å²) in [5, 5.41) is 0. The molecular weight excluding hydrogens is 188 g/mol. The minimum atomic E-state index is 0.606. The van der Waals surface area contributed by atoms with Crippen LogP contribution in [0.5, 0.6) is 0 Å². The van der Waals surface area contributed by atoms with Crippen LogP contribution < -0.4 is 10.6 Å². The molecule has 0 saturated carbocycles. The average Bonchev–Trinajstić information content (AvgIpc) is 2.64. The molecular formula is C11H18N4. The Kier molecular flexibility index (Phi) is 2.86. The van der Waals surface area contributed by atoms with Gasteiger partial charge in [-0.3, -0.25) is 0 Å². The molecule has 0 radical (unpaired) electrons. The normalized spacial score (nSPS) is 21.0. The topological polar surface area (TPSA) is 55.0 Å². The summed E-state index contributed by atoms with van der Waals surface area (Å²) in [6, 6.07) is 2.00. The molecule has 1 saturated heterocycles. The van der Waals surface area contributed by atoms with E-state index in [1.54, 1.807) is 0 Å². The summed E-state index contributed by atoms with van der Waals surface area (Å²) in [7, 11) is 0. The van der Waals surface area contributed by atoms with Gasteiger partial charge in [0.2, 0.25) is 5.95 Å². The number of anilines is 1. The number of nitrogens with zero attached hydrogens (tertiary/aromatic N) is 3. The molecule has 4 nitrogen and oxygen atoms in total. The second-order valence-corrected chi connectivity index (χ2v) is 4.29. The van der Waals surface area contributed by atoms with Gasteiger partial charge in [0.1, 0.15) is 0 Å². The maximum atomic E-state index is 5.67. The van der Waals surface area contributed by atoms with Gasteiger partial charge in [-0.25, -0.2) is 9.97 Å². The molecule has 82 valence electrons. The molecule has 15 heavy (non-hydrogen) atoms. The van der Waals surface area contributed by atoms with Crippen LogP contribution in [0.4, 0.5) is 5.95 Å². The van der Waals surface area contributed by atoms with Crippen LogP contribution in [0.25, 0.3) is 0 Å². The molecule has 1 aromatic heterocycles. The van der Waals surface area contributed by atoms with Gasteiger partial charge in [-0.15, -0.1) is 0 Å². The SMILES string of the molecule is Cc1cc(C)nc(N2CC[C@@H](CN)C2)n1. The van der Waals surface area contributed by atoms with Crippen molar-refractivity contribution >= 4 is 5.95 Å². The predicted molar refractivity (Wildman–Crippen MR) is 60.9 cm³/mol. The highest BCUT2D eigenvalue weighted by molar-refractivity contribution is 5.33. The van der Waals surface area contributed by atoms with E-state index in [0.29, 0.717) is 5.92 Å². The van der Waals surface area contributed by atoms with Gasteiger partial charge in [-0.1, -0.05) is 0 Å². The number of rotatable bonds is 2. The fourth-order valence-electron chi connectivity index (χ4n) is 2.06. The average molecular weight is 206 g/mol. The van der Waals surface area contributed by atoms with Gasteiger partial charge >= 0.3 is 0 Å². The van der Waals surface area contributed by atoms with E-state index in [1.165, 1.54) is 0 Å². The van der Waals surface area contributed by atoms with E-state index in [2.05, 4.69) is 14.9 Å². The van der Waals surface area contributed by atoms with Crippen LogP contribution in [0.15, 0.2) is 6.07 Å². The van der Waals surface area contributed by atoms with E-state index in [-0.39, 0.29) is 0 Å². The Morgan fingerprint density at radius 1 is 1.40 bits per heavy atom.